The minimum atomic E-state index is -1.10. The summed E-state index contributed by atoms with van der Waals surface area (Å²) in [6.45, 7) is 1.60. The maximum atomic E-state index is 12.2. The van der Waals surface area contributed by atoms with E-state index >= 15 is 0 Å². The van der Waals surface area contributed by atoms with Crippen LogP contribution in [0.25, 0.3) is 10.2 Å². The number of aromatic nitrogens is 2. The van der Waals surface area contributed by atoms with Crippen LogP contribution in [0.15, 0.2) is 23.7 Å². The Bertz CT molecular complexity index is 853. The maximum absolute atomic E-state index is 12.2. The molecule has 106 valence electrons. The molecular formula is C13H9N3O3S2. The van der Waals surface area contributed by atoms with Gasteiger partial charge in [0, 0.05) is 5.56 Å². The lowest BCUT2D eigenvalue weighted by Gasteiger charge is -2.04. The zero-order valence-electron chi connectivity index (χ0n) is 10.8. The molecule has 3 rings (SSSR count). The van der Waals surface area contributed by atoms with Crippen LogP contribution in [0, 0.1) is 6.92 Å². The van der Waals surface area contributed by atoms with Crippen LogP contribution in [0.1, 0.15) is 26.4 Å². The van der Waals surface area contributed by atoms with Crippen LogP contribution >= 0.6 is 22.9 Å². The van der Waals surface area contributed by atoms with E-state index in [2.05, 4.69) is 14.7 Å². The number of aryl methyl sites for hydroxylation is 1. The van der Waals surface area contributed by atoms with Crippen LogP contribution in [0.3, 0.4) is 0 Å². The summed E-state index contributed by atoms with van der Waals surface area (Å²) in [5.41, 5.74) is 3.42. The molecule has 2 aromatic heterocycles. The van der Waals surface area contributed by atoms with Crippen LogP contribution in [-0.2, 0) is 0 Å². The summed E-state index contributed by atoms with van der Waals surface area (Å²) < 4.78 is 4.87. The highest BCUT2D eigenvalue weighted by atomic mass is 32.1. The third-order valence-electron chi connectivity index (χ3n) is 2.90. The van der Waals surface area contributed by atoms with Gasteiger partial charge in [-0.25, -0.2) is 9.78 Å². The highest BCUT2D eigenvalue weighted by molar-refractivity contribution is 7.16. The van der Waals surface area contributed by atoms with Crippen molar-refractivity contribution in [3.63, 3.8) is 0 Å². The number of hydrogen-bond donors (Lipinski definition) is 2. The molecule has 1 aromatic carbocycles. The lowest BCUT2D eigenvalue weighted by Crippen LogP contribution is -2.13. The molecule has 0 aliphatic rings. The van der Waals surface area contributed by atoms with Gasteiger partial charge >= 0.3 is 5.97 Å². The van der Waals surface area contributed by atoms with Gasteiger partial charge in [0.25, 0.3) is 5.91 Å². The molecule has 2 N–H and O–H groups in total. The number of carbonyl (C=O) groups is 2. The van der Waals surface area contributed by atoms with Gasteiger partial charge in [-0.1, -0.05) is 0 Å². The van der Waals surface area contributed by atoms with Crippen molar-refractivity contribution in [3.05, 3.63) is 40.5 Å². The molecule has 8 heteroatoms. The number of aromatic carboxylic acids is 1. The summed E-state index contributed by atoms with van der Waals surface area (Å²) in [5, 5.41) is 12.0. The van der Waals surface area contributed by atoms with Gasteiger partial charge in [-0.2, -0.15) is 4.37 Å². The fourth-order valence-corrected chi connectivity index (χ4v) is 3.38. The van der Waals surface area contributed by atoms with Crippen molar-refractivity contribution in [1.82, 2.24) is 9.36 Å². The highest BCUT2D eigenvalue weighted by Crippen LogP contribution is 2.26. The zero-order chi connectivity index (χ0) is 15.0. The van der Waals surface area contributed by atoms with Crippen molar-refractivity contribution in [3.8, 4) is 0 Å². The first kappa shape index (κ1) is 13.7. The predicted molar refractivity (Wildman–Crippen MR) is 81.4 cm³/mol. The molecule has 0 saturated carbocycles. The molecule has 2 heterocycles. The van der Waals surface area contributed by atoms with Gasteiger partial charge in [-0.3, -0.25) is 4.79 Å². The third-order valence-corrected chi connectivity index (χ3v) is 4.54. The number of benzene rings is 1. The van der Waals surface area contributed by atoms with Gasteiger partial charge < -0.3 is 10.4 Å². The highest BCUT2D eigenvalue weighted by Gasteiger charge is 2.19. The smallest absolute Gasteiger partial charge is 0.340 e. The number of anilines is 1. The molecule has 0 atom stereocenters. The van der Waals surface area contributed by atoms with Crippen LogP contribution in [0.4, 0.5) is 5.00 Å². The molecular weight excluding hydrogens is 310 g/mol. The monoisotopic (exact) mass is 319 g/mol. The van der Waals surface area contributed by atoms with Crippen molar-refractivity contribution >= 4 is 50.0 Å². The Morgan fingerprint density at radius 3 is 2.90 bits per heavy atom. The Morgan fingerprint density at radius 2 is 2.14 bits per heavy atom. The molecule has 0 fully saturated rings. The summed E-state index contributed by atoms with van der Waals surface area (Å²) in [7, 11) is 0. The first-order chi connectivity index (χ1) is 10.1. The molecule has 0 unspecified atom stereocenters. The summed E-state index contributed by atoms with van der Waals surface area (Å²) in [6, 6.07) is 5.15. The van der Waals surface area contributed by atoms with E-state index in [1.807, 2.05) is 0 Å². The topological polar surface area (TPSA) is 92.2 Å². The van der Waals surface area contributed by atoms with Crippen molar-refractivity contribution in [2.75, 3.05) is 5.32 Å². The lowest BCUT2D eigenvalue weighted by atomic mass is 10.2. The Labute approximate surface area is 127 Å². The summed E-state index contributed by atoms with van der Waals surface area (Å²) in [6.07, 6.45) is 0. The molecule has 21 heavy (non-hydrogen) atoms. The number of carbonyl (C=O) groups excluding carboxylic acids is 1. The van der Waals surface area contributed by atoms with E-state index in [0.717, 1.165) is 21.7 Å². The van der Waals surface area contributed by atoms with Crippen molar-refractivity contribution in [2.45, 2.75) is 6.92 Å². The second-order valence-corrected chi connectivity index (χ2v) is 5.93. The SMILES string of the molecule is Cc1nsc(NC(=O)c2ccc3ncsc3c2)c1C(=O)O. The van der Waals surface area contributed by atoms with Gasteiger partial charge in [0.15, 0.2) is 0 Å². The van der Waals surface area contributed by atoms with E-state index in [9.17, 15) is 9.59 Å². The number of fused-ring (bicyclic) bond motifs is 1. The maximum Gasteiger partial charge on any atom is 0.340 e. The first-order valence-electron chi connectivity index (χ1n) is 5.90. The third kappa shape index (κ3) is 2.50. The van der Waals surface area contributed by atoms with E-state index < -0.39 is 5.97 Å². The zero-order valence-corrected chi connectivity index (χ0v) is 12.4. The minimum Gasteiger partial charge on any atom is -0.478 e. The number of nitrogens with zero attached hydrogens (tertiary/aromatic N) is 2. The van der Waals surface area contributed by atoms with Crippen LogP contribution in [0.2, 0.25) is 0 Å². The van der Waals surface area contributed by atoms with Crippen molar-refractivity contribution in [2.24, 2.45) is 0 Å². The van der Waals surface area contributed by atoms with E-state index in [1.165, 1.54) is 11.3 Å². The summed E-state index contributed by atoms with van der Waals surface area (Å²) in [5.74, 6) is -1.47. The normalized spacial score (nSPS) is 10.7. The van der Waals surface area contributed by atoms with Crippen LogP contribution in [-0.4, -0.2) is 26.3 Å². The Morgan fingerprint density at radius 1 is 1.33 bits per heavy atom. The van der Waals surface area contributed by atoms with E-state index in [4.69, 9.17) is 5.11 Å². The minimum absolute atomic E-state index is 0.0345. The fourth-order valence-electron chi connectivity index (χ4n) is 1.88. The number of carboxylic acids is 1. The Hall–Kier alpha value is -2.32. The Kier molecular flexibility index (Phi) is 3.40. The quantitative estimate of drug-likeness (QED) is 0.774. The fraction of sp³-hybridized carbons (Fsp3) is 0.0769. The van der Waals surface area contributed by atoms with Gasteiger partial charge in [-0.15, -0.1) is 11.3 Å². The predicted octanol–water partition coefficient (Wildman–Crippen LogP) is 3.01. The van der Waals surface area contributed by atoms with Gasteiger partial charge in [0.1, 0.15) is 10.6 Å². The molecule has 0 aliphatic heterocycles. The molecule has 0 spiro atoms. The number of rotatable bonds is 3. The average Bonchev–Trinajstić information content (AvgIpc) is 3.04. The van der Waals surface area contributed by atoms with E-state index in [1.54, 1.807) is 30.6 Å². The van der Waals surface area contributed by atoms with Crippen molar-refractivity contribution < 1.29 is 14.7 Å². The van der Waals surface area contributed by atoms with E-state index in [-0.39, 0.29) is 16.5 Å². The average molecular weight is 319 g/mol. The standard InChI is InChI=1S/C13H9N3O3S2/c1-6-10(13(18)19)12(21-16-6)15-11(17)7-2-3-8-9(4-7)20-5-14-8/h2-5H,1H3,(H,15,17)(H,18,19). The van der Waals surface area contributed by atoms with Gasteiger partial charge in [0.2, 0.25) is 0 Å². The van der Waals surface area contributed by atoms with Crippen LogP contribution in [0.5, 0.6) is 0 Å². The number of nitrogens with one attached hydrogen (secondary N) is 1. The second kappa shape index (κ2) is 5.23. The lowest BCUT2D eigenvalue weighted by molar-refractivity contribution is 0.0697. The molecule has 1 amide bonds. The molecule has 0 bridgehead atoms. The van der Waals surface area contributed by atoms with Crippen LogP contribution < -0.4 is 5.32 Å². The molecule has 0 saturated heterocycles. The molecule has 0 radical (unpaired) electrons. The van der Waals surface area contributed by atoms with Crippen molar-refractivity contribution in [1.29, 1.82) is 0 Å². The molecule has 3 aromatic rings. The number of amides is 1. The number of carboxylic acid groups (broad SMARTS) is 1. The molecule has 6 nitrogen and oxygen atoms in total. The summed E-state index contributed by atoms with van der Waals surface area (Å²) >= 11 is 2.40. The summed E-state index contributed by atoms with van der Waals surface area (Å²) in [4.78, 5) is 27.5. The first-order valence-corrected chi connectivity index (χ1v) is 7.55. The number of hydrogen-bond acceptors (Lipinski definition) is 6. The van der Waals surface area contributed by atoms with Gasteiger partial charge in [-0.05, 0) is 36.7 Å². The Balaban J connectivity index is 1.91. The molecule has 0 aliphatic carbocycles. The van der Waals surface area contributed by atoms with Gasteiger partial charge in [0.05, 0.1) is 21.4 Å². The number of thiazole rings is 1. The second-order valence-electron chi connectivity index (χ2n) is 4.27. The van der Waals surface area contributed by atoms with E-state index in [0.29, 0.717) is 11.3 Å². The largest absolute Gasteiger partial charge is 0.478 e.